The van der Waals surface area contributed by atoms with Gasteiger partial charge >= 0.3 is 0 Å². The number of phenols is 2. The van der Waals surface area contributed by atoms with Crippen LogP contribution in [0.1, 0.15) is 42.6 Å². The smallest absolute Gasteiger partial charge is 0.227 e. The molecule has 9 rings (SSSR count). The Labute approximate surface area is 386 Å². The number of hydrogen-bond donors (Lipinski definition) is 5. The standard InChI is InChI=1S/C48H47N11O7S/c1-28-26-58(39-24-37(53-56-47(39)50)32-10-5-6-11-40(32)60)17-18-59(28)45(62)21-30-13-15-33(38-25-44(48(51)57-54-38)67(63,64)27-29-8-3-2-4-9-29)43(20-30)66-31-14-16-41(61)34(22-31)36-23-35(46(49)55-52-36)42-12-7-19-65-42/h2-6,8-11,13-16,20,22-25,28,42,60-61H,7,12,17-19,21,26-27H2,1H3,(H2,49,55)(H2,50,56)(H2,51,57). The van der Waals surface area contributed by atoms with E-state index in [0.717, 1.165) is 12.8 Å². The van der Waals surface area contributed by atoms with Gasteiger partial charge in [-0.25, -0.2) is 8.42 Å². The fraction of sp³-hybridized carbons (Fsp3) is 0.229. The lowest BCUT2D eigenvalue weighted by Crippen LogP contribution is -2.54. The topological polar surface area (TPSA) is 272 Å². The normalized spacial score (nSPS) is 16.3. The zero-order chi connectivity index (χ0) is 46.8. The van der Waals surface area contributed by atoms with Crippen LogP contribution in [0.2, 0.25) is 0 Å². The molecule has 2 saturated heterocycles. The first kappa shape index (κ1) is 44.3. The minimum Gasteiger partial charge on any atom is -0.507 e. The Morgan fingerprint density at radius 1 is 0.731 bits per heavy atom. The van der Waals surface area contributed by atoms with Gasteiger partial charge < -0.3 is 46.7 Å². The third kappa shape index (κ3) is 9.45. The van der Waals surface area contributed by atoms with Gasteiger partial charge in [-0.2, -0.15) is 0 Å². The van der Waals surface area contributed by atoms with E-state index >= 15 is 0 Å². The van der Waals surface area contributed by atoms with Crippen LogP contribution < -0.4 is 26.8 Å². The first-order valence-corrected chi connectivity index (χ1v) is 23.2. The van der Waals surface area contributed by atoms with E-state index in [1.807, 2.05) is 6.92 Å². The summed E-state index contributed by atoms with van der Waals surface area (Å²) >= 11 is 0. The van der Waals surface area contributed by atoms with Crippen molar-refractivity contribution in [2.24, 2.45) is 0 Å². The number of aromatic hydroxyl groups is 2. The number of para-hydroxylation sites is 1. The Morgan fingerprint density at radius 2 is 1.43 bits per heavy atom. The van der Waals surface area contributed by atoms with Crippen molar-refractivity contribution >= 4 is 38.9 Å². The summed E-state index contributed by atoms with van der Waals surface area (Å²) in [6, 6.07) is 30.0. The molecule has 2 unspecified atom stereocenters. The molecule has 67 heavy (non-hydrogen) atoms. The van der Waals surface area contributed by atoms with Crippen molar-refractivity contribution in [3.63, 3.8) is 0 Å². The zero-order valence-corrected chi connectivity index (χ0v) is 37.2. The number of nitrogen functional groups attached to an aromatic ring is 3. The number of carbonyl (C=O) groups excluding carboxylic acids is 1. The molecule has 18 nitrogen and oxygen atoms in total. The van der Waals surface area contributed by atoms with Gasteiger partial charge in [0.1, 0.15) is 27.9 Å². The van der Waals surface area contributed by atoms with Crippen LogP contribution in [0.4, 0.5) is 23.1 Å². The number of sulfone groups is 1. The van der Waals surface area contributed by atoms with E-state index in [-0.39, 0.29) is 81.3 Å². The molecule has 8 N–H and O–H groups in total. The van der Waals surface area contributed by atoms with Crippen LogP contribution in [0, 0.1) is 0 Å². The van der Waals surface area contributed by atoms with E-state index in [1.54, 1.807) is 102 Å². The van der Waals surface area contributed by atoms with E-state index in [1.165, 1.54) is 12.1 Å². The molecule has 5 heterocycles. The molecule has 0 aliphatic carbocycles. The molecule has 2 atom stereocenters. The lowest BCUT2D eigenvalue weighted by atomic mass is 10.0. The van der Waals surface area contributed by atoms with E-state index in [4.69, 9.17) is 26.7 Å². The monoisotopic (exact) mass is 921 g/mol. The molecular formula is C48H47N11O7S. The lowest BCUT2D eigenvalue weighted by Gasteiger charge is -2.41. The number of anilines is 4. The highest BCUT2D eigenvalue weighted by Gasteiger charge is 2.30. The molecule has 0 radical (unpaired) electrons. The summed E-state index contributed by atoms with van der Waals surface area (Å²) in [5, 5.41) is 46.7. The fourth-order valence-electron chi connectivity index (χ4n) is 8.44. The van der Waals surface area contributed by atoms with Crippen LogP contribution in [0.3, 0.4) is 0 Å². The number of nitrogens with zero attached hydrogens (tertiary/aromatic N) is 8. The number of hydrogen-bond acceptors (Lipinski definition) is 17. The van der Waals surface area contributed by atoms with Gasteiger partial charge in [-0.15, -0.1) is 30.6 Å². The number of piperazine rings is 1. The minimum atomic E-state index is -3.99. The Balaban J connectivity index is 1.01. The van der Waals surface area contributed by atoms with E-state index < -0.39 is 9.84 Å². The third-order valence-corrected chi connectivity index (χ3v) is 13.6. The van der Waals surface area contributed by atoms with Crippen LogP contribution in [0.15, 0.2) is 114 Å². The molecule has 7 aromatic rings. The number of benzene rings is 4. The molecule has 4 aromatic carbocycles. The highest BCUT2D eigenvalue weighted by Crippen LogP contribution is 2.40. The number of ether oxygens (including phenoxy) is 2. The zero-order valence-electron chi connectivity index (χ0n) is 36.4. The predicted molar refractivity (Wildman–Crippen MR) is 251 cm³/mol. The van der Waals surface area contributed by atoms with Crippen LogP contribution in [0.25, 0.3) is 33.8 Å². The molecular weight excluding hydrogens is 875 g/mol. The van der Waals surface area contributed by atoms with Gasteiger partial charge in [0, 0.05) is 54.5 Å². The third-order valence-electron chi connectivity index (χ3n) is 11.9. The lowest BCUT2D eigenvalue weighted by molar-refractivity contribution is -0.132. The first-order chi connectivity index (χ1) is 32.3. The number of carbonyl (C=O) groups is 1. The summed E-state index contributed by atoms with van der Waals surface area (Å²) in [5.74, 6) is 0.230. The second-order valence-corrected chi connectivity index (χ2v) is 18.4. The maximum Gasteiger partial charge on any atom is 0.227 e. The molecule has 2 aliphatic rings. The van der Waals surface area contributed by atoms with Gasteiger partial charge in [0.05, 0.1) is 41.0 Å². The quantitative estimate of drug-likeness (QED) is 0.0924. The van der Waals surface area contributed by atoms with Crippen LogP contribution in [-0.2, 0) is 31.5 Å². The molecule has 3 aromatic heterocycles. The van der Waals surface area contributed by atoms with Crippen molar-refractivity contribution in [2.45, 2.75) is 49.0 Å². The highest BCUT2D eigenvalue weighted by molar-refractivity contribution is 7.90. The first-order valence-electron chi connectivity index (χ1n) is 21.6. The summed E-state index contributed by atoms with van der Waals surface area (Å²) in [6.45, 7) is 3.85. The minimum absolute atomic E-state index is 0.00461. The molecule has 342 valence electrons. The van der Waals surface area contributed by atoms with E-state index in [0.29, 0.717) is 76.7 Å². The summed E-state index contributed by atoms with van der Waals surface area (Å²) in [6.07, 6.45) is 1.39. The average molecular weight is 922 g/mol. The van der Waals surface area contributed by atoms with E-state index in [2.05, 4.69) is 35.5 Å². The van der Waals surface area contributed by atoms with Gasteiger partial charge in [-0.1, -0.05) is 48.5 Å². The average Bonchev–Trinajstić information content (AvgIpc) is 3.86. The summed E-state index contributed by atoms with van der Waals surface area (Å²) in [7, 11) is -3.99. The molecule has 2 fully saturated rings. The van der Waals surface area contributed by atoms with Crippen molar-refractivity contribution < 1.29 is 32.9 Å². The maximum absolute atomic E-state index is 14.1. The number of phenolic OH excluding ortho intramolecular Hbond substituents is 2. The number of rotatable bonds is 12. The van der Waals surface area contributed by atoms with Crippen molar-refractivity contribution in [1.82, 2.24) is 35.5 Å². The fourth-order valence-corrected chi connectivity index (χ4v) is 9.87. The van der Waals surface area contributed by atoms with Crippen LogP contribution in [-0.4, -0.2) is 92.3 Å². The molecule has 19 heteroatoms. The summed E-state index contributed by atoms with van der Waals surface area (Å²) in [5.41, 5.74) is 23.3. The Kier molecular flexibility index (Phi) is 12.3. The molecule has 0 saturated carbocycles. The largest absolute Gasteiger partial charge is 0.507 e. The van der Waals surface area contributed by atoms with Crippen molar-refractivity contribution in [3.05, 3.63) is 126 Å². The second-order valence-electron chi connectivity index (χ2n) is 16.5. The molecule has 0 spiro atoms. The molecule has 2 aliphatic heterocycles. The summed E-state index contributed by atoms with van der Waals surface area (Å²) < 4.78 is 40.0. The highest BCUT2D eigenvalue weighted by atomic mass is 32.2. The van der Waals surface area contributed by atoms with Gasteiger partial charge in [-0.3, -0.25) is 4.79 Å². The van der Waals surface area contributed by atoms with Crippen LogP contribution in [0.5, 0.6) is 23.0 Å². The Hall–Kier alpha value is -7.90. The van der Waals surface area contributed by atoms with Gasteiger partial charge in [0.2, 0.25) is 5.91 Å². The second kappa shape index (κ2) is 18.5. The number of nitrogens with two attached hydrogens (primary N) is 3. The Bertz CT molecular complexity index is 3100. The van der Waals surface area contributed by atoms with Crippen molar-refractivity contribution in [1.29, 1.82) is 0 Å². The molecule has 1 amide bonds. The van der Waals surface area contributed by atoms with E-state index in [9.17, 15) is 23.4 Å². The summed E-state index contributed by atoms with van der Waals surface area (Å²) in [4.78, 5) is 17.8. The maximum atomic E-state index is 14.1. The van der Waals surface area contributed by atoms with Gasteiger partial charge in [-0.05, 0) is 91.6 Å². The molecule has 0 bridgehead atoms. The Morgan fingerprint density at radius 3 is 2.18 bits per heavy atom. The number of aromatic nitrogens is 6. The predicted octanol–water partition coefficient (Wildman–Crippen LogP) is 6.11. The SMILES string of the molecule is CC1CN(c2cc(-c3ccccc3O)nnc2N)CCN1C(=O)Cc1ccc(-c2cc(S(=O)(=O)Cc3ccccc3)c(N)nn2)c(Oc2ccc(O)c(-c3cc(C4CCCO4)c(N)nn3)c2)c1. The van der Waals surface area contributed by atoms with Gasteiger partial charge in [0.15, 0.2) is 27.3 Å². The van der Waals surface area contributed by atoms with Crippen molar-refractivity contribution in [2.75, 3.05) is 48.3 Å². The van der Waals surface area contributed by atoms with Crippen molar-refractivity contribution in [3.8, 4) is 56.8 Å². The van der Waals surface area contributed by atoms with Gasteiger partial charge in [0.25, 0.3) is 0 Å². The van der Waals surface area contributed by atoms with Crippen LogP contribution >= 0.6 is 0 Å². The number of amides is 1.